The Balaban J connectivity index is 2.05. The van der Waals surface area contributed by atoms with Crippen molar-refractivity contribution in [2.45, 2.75) is 13.3 Å². The molecule has 0 atom stereocenters. The highest BCUT2D eigenvalue weighted by Crippen LogP contribution is 2.26. The highest BCUT2D eigenvalue weighted by molar-refractivity contribution is 14.1. The van der Waals surface area contributed by atoms with E-state index in [0.717, 1.165) is 10.5 Å². The number of imide groups is 2. The number of para-hydroxylation sites is 1. The Morgan fingerprint density at radius 2 is 1.92 bits per heavy atom. The highest BCUT2D eigenvalue weighted by atomic mass is 127. The molecule has 3 rings (SSSR count). The van der Waals surface area contributed by atoms with Crippen molar-refractivity contribution in [2.24, 2.45) is 0 Å². The minimum atomic E-state index is -0.753. The van der Waals surface area contributed by atoms with Crippen molar-refractivity contribution in [3.63, 3.8) is 0 Å². The number of aryl methyl sites for hydroxylation is 1. The summed E-state index contributed by atoms with van der Waals surface area (Å²) < 4.78 is 6.00. The number of nitrogens with zero attached hydrogens (tertiary/aromatic N) is 1. The number of furan rings is 1. The molecule has 4 amide bonds. The van der Waals surface area contributed by atoms with Crippen LogP contribution in [0.3, 0.4) is 0 Å². The fourth-order valence-electron chi connectivity index (χ4n) is 2.45. The Hall–Kier alpha value is -2.42. The SMILES string of the molecule is CCc1ccccc1N1C(=O)NC(=O)C(=Cc2ccc(I)o2)C1=O. The van der Waals surface area contributed by atoms with E-state index in [0.29, 0.717) is 21.6 Å². The van der Waals surface area contributed by atoms with Crippen LogP contribution in [0.5, 0.6) is 0 Å². The summed E-state index contributed by atoms with van der Waals surface area (Å²) in [6, 6.07) is 9.70. The molecule has 1 aromatic heterocycles. The van der Waals surface area contributed by atoms with Crippen LogP contribution in [0.4, 0.5) is 10.5 Å². The maximum Gasteiger partial charge on any atom is 0.335 e. The second-order valence-corrected chi connectivity index (χ2v) is 6.15. The Bertz CT molecular complexity index is 869. The van der Waals surface area contributed by atoms with Crippen LogP contribution in [0.15, 0.2) is 46.4 Å². The van der Waals surface area contributed by atoms with Crippen LogP contribution in [0.2, 0.25) is 0 Å². The molecule has 24 heavy (non-hydrogen) atoms. The molecule has 0 bridgehead atoms. The van der Waals surface area contributed by atoms with Crippen molar-refractivity contribution < 1.29 is 18.8 Å². The molecule has 2 aromatic rings. The van der Waals surface area contributed by atoms with Gasteiger partial charge in [0.25, 0.3) is 11.8 Å². The number of hydrogen-bond donors (Lipinski definition) is 1. The Morgan fingerprint density at radius 1 is 1.17 bits per heavy atom. The zero-order valence-corrected chi connectivity index (χ0v) is 14.9. The van der Waals surface area contributed by atoms with E-state index in [2.05, 4.69) is 5.32 Å². The average molecular weight is 436 g/mol. The van der Waals surface area contributed by atoms with Crippen LogP contribution in [-0.2, 0) is 16.0 Å². The lowest BCUT2D eigenvalue weighted by molar-refractivity contribution is -0.122. The maximum absolute atomic E-state index is 12.8. The number of halogens is 1. The number of carbonyl (C=O) groups is 3. The van der Waals surface area contributed by atoms with E-state index in [4.69, 9.17) is 4.42 Å². The van der Waals surface area contributed by atoms with Gasteiger partial charge in [0, 0.05) is 0 Å². The summed E-state index contributed by atoms with van der Waals surface area (Å²) in [5, 5.41) is 2.20. The van der Waals surface area contributed by atoms with Crippen LogP contribution in [-0.4, -0.2) is 17.8 Å². The topological polar surface area (TPSA) is 79.6 Å². The number of benzene rings is 1. The predicted molar refractivity (Wildman–Crippen MR) is 96.2 cm³/mol. The summed E-state index contributed by atoms with van der Waals surface area (Å²) >= 11 is 1.99. The predicted octanol–water partition coefficient (Wildman–Crippen LogP) is 3.11. The number of rotatable bonds is 3. The number of hydrogen-bond acceptors (Lipinski definition) is 4. The zero-order chi connectivity index (χ0) is 17.3. The van der Waals surface area contributed by atoms with E-state index >= 15 is 0 Å². The van der Waals surface area contributed by atoms with Gasteiger partial charge < -0.3 is 4.42 Å². The van der Waals surface area contributed by atoms with E-state index in [1.807, 2.05) is 41.6 Å². The highest BCUT2D eigenvalue weighted by Gasteiger charge is 2.37. The van der Waals surface area contributed by atoms with Gasteiger partial charge in [-0.15, -0.1) is 0 Å². The number of urea groups is 1. The Morgan fingerprint density at radius 3 is 2.58 bits per heavy atom. The van der Waals surface area contributed by atoms with E-state index in [1.54, 1.807) is 24.3 Å². The molecular formula is C17H13IN2O4. The molecule has 1 N–H and O–H groups in total. The third-order valence-electron chi connectivity index (χ3n) is 3.60. The number of carbonyl (C=O) groups excluding carboxylic acids is 3. The van der Waals surface area contributed by atoms with E-state index in [-0.39, 0.29) is 5.57 Å². The minimum Gasteiger partial charge on any atom is -0.451 e. The third-order valence-corrected chi connectivity index (χ3v) is 4.18. The summed E-state index contributed by atoms with van der Waals surface area (Å²) in [6.07, 6.45) is 1.99. The first-order valence-electron chi connectivity index (χ1n) is 7.26. The summed E-state index contributed by atoms with van der Waals surface area (Å²) in [6.45, 7) is 1.93. The second kappa shape index (κ2) is 6.60. The molecular weight excluding hydrogens is 423 g/mol. The molecule has 1 aromatic carbocycles. The summed E-state index contributed by atoms with van der Waals surface area (Å²) in [7, 11) is 0. The molecule has 1 aliphatic rings. The smallest absolute Gasteiger partial charge is 0.335 e. The number of barbiturate groups is 1. The fourth-order valence-corrected chi connectivity index (χ4v) is 2.89. The van der Waals surface area contributed by atoms with Gasteiger partial charge in [0.15, 0.2) is 3.77 Å². The normalized spacial score (nSPS) is 16.7. The third kappa shape index (κ3) is 2.99. The quantitative estimate of drug-likeness (QED) is 0.456. The lowest BCUT2D eigenvalue weighted by atomic mass is 10.1. The second-order valence-electron chi connectivity index (χ2n) is 5.08. The molecule has 122 valence electrons. The molecule has 0 radical (unpaired) electrons. The summed E-state index contributed by atoms with van der Waals surface area (Å²) in [5.74, 6) is -1.03. The molecule has 6 nitrogen and oxygen atoms in total. The van der Waals surface area contributed by atoms with Crippen molar-refractivity contribution in [1.29, 1.82) is 0 Å². The summed E-state index contributed by atoms with van der Waals surface area (Å²) in [4.78, 5) is 38.0. The minimum absolute atomic E-state index is 0.147. The van der Waals surface area contributed by atoms with Gasteiger partial charge in [0.1, 0.15) is 11.3 Å². The van der Waals surface area contributed by atoms with Crippen molar-refractivity contribution in [1.82, 2.24) is 5.32 Å². The van der Waals surface area contributed by atoms with Crippen molar-refractivity contribution in [2.75, 3.05) is 4.90 Å². The van der Waals surface area contributed by atoms with Gasteiger partial charge in [-0.2, -0.15) is 0 Å². The molecule has 2 heterocycles. The van der Waals surface area contributed by atoms with Gasteiger partial charge in [-0.3, -0.25) is 14.9 Å². The van der Waals surface area contributed by atoms with Gasteiger partial charge in [0.2, 0.25) is 0 Å². The fraction of sp³-hybridized carbons (Fsp3) is 0.118. The van der Waals surface area contributed by atoms with Crippen LogP contribution >= 0.6 is 22.6 Å². The molecule has 1 saturated heterocycles. The van der Waals surface area contributed by atoms with Crippen LogP contribution in [0, 0.1) is 3.77 Å². The monoisotopic (exact) mass is 436 g/mol. The zero-order valence-electron chi connectivity index (χ0n) is 12.7. The molecule has 0 spiro atoms. The van der Waals surface area contributed by atoms with Crippen molar-refractivity contribution in [3.05, 3.63) is 57.1 Å². The molecule has 0 saturated carbocycles. The summed E-state index contributed by atoms with van der Waals surface area (Å²) in [5.41, 5.74) is 1.16. The average Bonchev–Trinajstić information content (AvgIpc) is 2.97. The van der Waals surface area contributed by atoms with Gasteiger partial charge in [-0.25, -0.2) is 9.69 Å². The molecule has 7 heteroatoms. The molecule has 0 unspecified atom stereocenters. The Labute approximate surface area is 151 Å². The van der Waals surface area contributed by atoms with E-state index in [1.165, 1.54) is 6.08 Å². The van der Waals surface area contributed by atoms with E-state index in [9.17, 15) is 14.4 Å². The Kier molecular flexibility index (Phi) is 4.52. The van der Waals surface area contributed by atoms with Crippen LogP contribution in [0.1, 0.15) is 18.2 Å². The van der Waals surface area contributed by atoms with Crippen LogP contribution < -0.4 is 10.2 Å². The van der Waals surface area contributed by atoms with Crippen molar-refractivity contribution >= 4 is 52.2 Å². The van der Waals surface area contributed by atoms with Gasteiger partial charge in [0.05, 0.1) is 5.69 Å². The first kappa shape index (κ1) is 16.4. The van der Waals surface area contributed by atoms with Gasteiger partial charge >= 0.3 is 6.03 Å². The molecule has 1 aliphatic heterocycles. The standard InChI is InChI=1S/C17H13IN2O4/c1-2-10-5-3-4-6-13(10)20-16(22)12(15(21)19-17(20)23)9-11-7-8-14(18)24-11/h3-9H,2H2,1H3,(H,19,21,23). The first-order valence-corrected chi connectivity index (χ1v) is 8.34. The van der Waals surface area contributed by atoms with Gasteiger partial charge in [-0.05, 0) is 58.9 Å². The van der Waals surface area contributed by atoms with E-state index < -0.39 is 17.8 Å². The van der Waals surface area contributed by atoms with Crippen LogP contribution in [0.25, 0.3) is 6.08 Å². The largest absolute Gasteiger partial charge is 0.451 e. The first-order chi connectivity index (χ1) is 11.5. The number of amides is 4. The molecule has 0 aliphatic carbocycles. The number of anilines is 1. The number of nitrogens with one attached hydrogen (secondary N) is 1. The lowest BCUT2D eigenvalue weighted by Crippen LogP contribution is -2.54. The maximum atomic E-state index is 12.8. The lowest BCUT2D eigenvalue weighted by Gasteiger charge is -2.27. The van der Waals surface area contributed by atoms with Gasteiger partial charge in [-0.1, -0.05) is 25.1 Å². The molecule has 1 fully saturated rings. The van der Waals surface area contributed by atoms with Crippen molar-refractivity contribution in [3.8, 4) is 0 Å².